The van der Waals surface area contributed by atoms with Crippen LogP contribution in [0.4, 0.5) is 11.8 Å². The maximum Gasteiger partial charge on any atom is 0.223 e. The molecule has 0 aliphatic rings. The van der Waals surface area contributed by atoms with Crippen LogP contribution in [-0.4, -0.2) is 16.0 Å². The van der Waals surface area contributed by atoms with E-state index in [0.29, 0.717) is 5.95 Å². The molecule has 1 unspecified atom stereocenters. The second kappa shape index (κ2) is 5.13. The van der Waals surface area contributed by atoms with Crippen LogP contribution in [0.1, 0.15) is 17.6 Å². The highest BCUT2D eigenvalue weighted by molar-refractivity contribution is 7.18. The summed E-state index contributed by atoms with van der Waals surface area (Å²) in [4.78, 5) is 10.7. The van der Waals surface area contributed by atoms with E-state index in [9.17, 15) is 0 Å². The van der Waals surface area contributed by atoms with Crippen LogP contribution in [0.5, 0.6) is 0 Å². The van der Waals surface area contributed by atoms with Crippen LogP contribution >= 0.6 is 11.3 Å². The lowest BCUT2D eigenvalue weighted by Gasteiger charge is -2.14. The number of nitrogens with zero attached hydrogens (tertiary/aromatic N) is 2. The zero-order valence-corrected chi connectivity index (χ0v) is 12.2. The third-order valence-corrected chi connectivity index (χ3v) is 3.95. The number of nitrogen functional groups attached to an aromatic ring is 1. The zero-order chi connectivity index (χ0) is 14.1. The van der Waals surface area contributed by atoms with Crippen molar-refractivity contribution < 1.29 is 4.42 Å². The largest absolute Gasteiger partial charge is 0.469 e. The van der Waals surface area contributed by atoms with E-state index in [0.717, 1.165) is 28.2 Å². The highest BCUT2D eigenvalue weighted by Gasteiger charge is 2.12. The lowest BCUT2D eigenvalue weighted by Crippen LogP contribution is -2.19. The average molecular weight is 288 g/mol. The van der Waals surface area contributed by atoms with Gasteiger partial charge in [0, 0.05) is 17.3 Å². The molecule has 3 aromatic heterocycles. The van der Waals surface area contributed by atoms with Gasteiger partial charge in [-0.15, -0.1) is 11.3 Å². The van der Waals surface area contributed by atoms with Crippen molar-refractivity contribution in [2.75, 3.05) is 11.1 Å². The van der Waals surface area contributed by atoms with Crippen LogP contribution in [0.3, 0.4) is 0 Å². The Morgan fingerprint density at radius 2 is 2.30 bits per heavy atom. The van der Waals surface area contributed by atoms with Gasteiger partial charge in [0.2, 0.25) is 5.95 Å². The first-order chi connectivity index (χ1) is 9.61. The molecular formula is C14H16N4OS. The number of nitrogens with one attached hydrogen (secondary N) is 1. The van der Waals surface area contributed by atoms with E-state index in [4.69, 9.17) is 10.2 Å². The number of anilines is 2. The summed E-state index contributed by atoms with van der Waals surface area (Å²) in [7, 11) is 0. The van der Waals surface area contributed by atoms with Gasteiger partial charge in [0.1, 0.15) is 16.4 Å². The number of hydrogen-bond acceptors (Lipinski definition) is 6. The van der Waals surface area contributed by atoms with E-state index in [1.54, 1.807) is 17.6 Å². The number of thiophene rings is 1. The van der Waals surface area contributed by atoms with Crippen molar-refractivity contribution in [3.8, 4) is 0 Å². The Labute approximate surface area is 120 Å². The quantitative estimate of drug-likeness (QED) is 0.770. The number of hydrogen-bond donors (Lipinski definition) is 2. The highest BCUT2D eigenvalue weighted by atomic mass is 32.1. The molecule has 104 valence electrons. The first-order valence-electron chi connectivity index (χ1n) is 6.44. The first-order valence-corrected chi connectivity index (χ1v) is 7.26. The molecule has 3 aromatic rings. The molecule has 0 saturated heterocycles. The molecule has 0 saturated carbocycles. The van der Waals surface area contributed by atoms with Crippen LogP contribution < -0.4 is 11.1 Å². The van der Waals surface area contributed by atoms with Gasteiger partial charge < -0.3 is 15.5 Å². The molecular weight excluding hydrogens is 272 g/mol. The maximum absolute atomic E-state index is 5.77. The van der Waals surface area contributed by atoms with Crippen molar-refractivity contribution in [1.82, 2.24) is 9.97 Å². The van der Waals surface area contributed by atoms with Crippen molar-refractivity contribution in [3.63, 3.8) is 0 Å². The number of nitrogens with two attached hydrogens (primary N) is 1. The molecule has 3 heterocycles. The maximum atomic E-state index is 5.77. The van der Waals surface area contributed by atoms with Crippen molar-refractivity contribution >= 4 is 33.3 Å². The van der Waals surface area contributed by atoms with Crippen LogP contribution in [0, 0.1) is 6.92 Å². The van der Waals surface area contributed by atoms with Crippen molar-refractivity contribution in [2.45, 2.75) is 26.3 Å². The molecule has 0 aromatic carbocycles. The molecule has 0 bridgehead atoms. The molecule has 0 amide bonds. The number of furan rings is 1. The second-order valence-corrected chi connectivity index (χ2v) is 6.07. The van der Waals surface area contributed by atoms with Crippen LogP contribution in [0.25, 0.3) is 10.2 Å². The molecule has 0 aliphatic heterocycles. The molecule has 5 nitrogen and oxygen atoms in total. The minimum absolute atomic E-state index is 0.193. The number of fused-ring (bicyclic) bond motifs is 1. The van der Waals surface area contributed by atoms with E-state index in [1.165, 1.54) is 4.88 Å². The fourth-order valence-electron chi connectivity index (χ4n) is 2.18. The standard InChI is InChI=1S/C14H16N4OS/c1-8(6-10-4-3-5-19-10)16-12-11-7-9(2)20-13(11)18-14(15)17-12/h3-5,7-8H,6H2,1-2H3,(H3,15,16,17,18). The third-order valence-electron chi connectivity index (χ3n) is 3.00. The lowest BCUT2D eigenvalue weighted by atomic mass is 10.2. The Bertz CT molecular complexity index is 720. The van der Waals surface area contributed by atoms with Gasteiger partial charge >= 0.3 is 0 Å². The van der Waals surface area contributed by atoms with E-state index < -0.39 is 0 Å². The predicted molar refractivity (Wildman–Crippen MR) is 82.1 cm³/mol. The van der Waals surface area contributed by atoms with Gasteiger partial charge in [-0.25, -0.2) is 4.98 Å². The summed E-state index contributed by atoms with van der Waals surface area (Å²) >= 11 is 1.62. The summed E-state index contributed by atoms with van der Waals surface area (Å²) in [6.07, 6.45) is 2.48. The monoisotopic (exact) mass is 288 g/mol. The lowest BCUT2D eigenvalue weighted by molar-refractivity contribution is 0.497. The molecule has 20 heavy (non-hydrogen) atoms. The summed E-state index contributed by atoms with van der Waals surface area (Å²) in [5.74, 6) is 2.03. The Morgan fingerprint density at radius 3 is 3.05 bits per heavy atom. The van der Waals surface area contributed by atoms with Gasteiger partial charge in [-0.2, -0.15) is 4.98 Å². The Kier molecular flexibility index (Phi) is 3.31. The smallest absolute Gasteiger partial charge is 0.223 e. The Morgan fingerprint density at radius 1 is 1.45 bits per heavy atom. The molecule has 0 spiro atoms. The number of aromatic nitrogens is 2. The summed E-state index contributed by atoms with van der Waals surface area (Å²) < 4.78 is 5.36. The average Bonchev–Trinajstić information content (AvgIpc) is 2.97. The van der Waals surface area contributed by atoms with Crippen LogP contribution in [-0.2, 0) is 6.42 Å². The van der Waals surface area contributed by atoms with Crippen LogP contribution in [0.15, 0.2) is 28.9 Å². The first kappa shape index (κ1) is 12.9. The fraction of sp³-hybridized carbons (Fsp3) is 0.286. The molecule has 0 fully saturated rings. The summed E-state index contributed by atoms with van der Waals surface area (Å²) in [5.41, 5.74) is 5.77. The van der Waals surface area contributed by atoms with Gasteiger partial charge in [-0.05, 0) is 32.0 Å². The minimum atomic E-state index is 0.193. The van der Waals surface area contributed by atoms with E-state index in [1.807, 2.05) is 12.1 Å². The molecule has 0 radical (unpaired) electrons. The SMILES string of the molecule is Cc1cc2c(NC(C)Cc3ccco3)nc(N)nc2s1. The van der Waals surface area contributed by atoms with E-state index in [2.05, 4.69) is 35.2 Å². The Hall–Kier alpha value is -2.08. The molecule has 1 atom stereocenters. The normalized spacial score (nSPS) is 12.7. The van der Waals surface area contributed by atoms with Gasteiger partial charge in [0.05, 0.1) is 11.6 Å². The van der Waals surface area contributed by atoms with Gasteiger partial charge in [-0.3, -0.25) is 0 Å². The van der Waals surface area contributed by atoms with Crippen molar-refractivity contribution in [1.29, 1.82) is 0 Å². The molecule has 0 aliphatic carbocycles. The van der Waals surface area contributed by atoms with Crippen LogP contribution in [0.2, 0.25) is 0 Å². The fourth-order valence-corrected chi connectivity index (χ4v) is 3.07. The Balaban J connectivity index is 1.86. The summed E-state index contributed by atoms with van der Waals surface area (Å²) in [6, 6.07) is 6.14. The number of rotatable bonds is 4. The highest BCUT2D eigenvalue weighted by Crippen LogP contribution is 2.29. The van der Waals surface area contributed by atoms with Gasteiger partial charge in [0.25, 0.3) is 0 Å². The minimum Gasteiger partial charge on any atom is -0.469 e. The molecule has 3 N–H and O–H groups in total. The molecule has 6 heteroatoms. The summed E-state index contributed by atoms with van der Waals surface area (Å²) in [5, 5.41) is 4.41. The van der Waals surface area contributed by atoms with Gasteiger partial charge in [-0.1, -0.05) is 0 Å². The van der Waals surface area contributed by atoms with Gasteiger partial charge in [0.15, 0.2) is 0 Å². The van der Waals surface area contributed by atoms with E-state index >= 15 is 0 Å². The third kappa shape index (κ3) is 2.60. The van der Waals surface area contributed by atoms with E-state index in [-0.39, 0.29) is 6.04 Å². The second-order valence-electron chi connectivity index (χ2n) is 4.84. The number of aryl methyl sites for hydroxylation is 1. The zero-order valence-electron chi connectivity index (χ0n) is 11.4. The predicted octanol–water partition coefficient (Wildman–Crippen LogP) is 3.22. The van der Waals surface area contributed by atoms with Crippen molar-refractivity contribution in [3.05, 3.63) is 35.1 Å². The summed E-state index contributed by atoms with van der Waals surface area (Å²) in [6.45, 7) is 4.14. The molecule has 3 rings (SSSR count). The topological polar surface area (TPSA) is 77.0 Å². The van der Waals surface area contributed by atoms with Crippen molar-refractivity contribution in [2.24, 2.45) is 0 Å².